The summed E-state index contributed by atoms with van der Waals surface area (Å²) in [6, 6.07) is 5.23. The van der Waals surface area contributed by atoms with Gasteiger partial charge in [0, 0.05) is 11.6 Å². The van der Waals surface area contributed by atoms with E-state index in [1.54, 1.807) is 31.4 Å². The van der Waals surface area contributed by atoms with Crippen LogP contribution in [0.25, 0.3) is 6.08 Å². The van der Waals surface area contributed by atoms with Crippen molar-refractivity contribution >= 4 is 17.9 Å². The van der Waals surface area contributed by atoms with Crippen molar-refractivity contribution < 1.29 is 14.3 Å². The van der Waals surface area contributed by atoms with Gasteiger partial charge in [-0.1, -0.05) is 0 Å². The van der Waals surface area contributed by atoms with Crippen LogP contribution in [0.2, 0.25) is 0 Å². The fourth-order valence-electron chi connectivity index (χ4n) is 1.31. The van der Waals surface area contributed by atoms with Gasteiger partial charge in [0.05, 0.1) is 14.2 Å². The predicted molar refractivity (Wildman–Crippen MR) is 71.8 cm³/mol. The van der Waals surface area contributed by atoms with Gasteiger partial charge in [-0.2, -0.15) is 0 Å². The Kier molecular flexibility index (Phi) is 5.21. The molecule has 0 aliphatic heterocycles. The van der Waals surface area contributed by atoms with Crippen LogP contribution in [0.4, 0.5) is 0 Å². The van der Waals surface area contributed by atoms with E-state index in [-0.39, 0.29) is 5.96 Å². The van der Waals surface area contributed by atoms with Gasteiger partial charge in [0.15, 0.2) is 0 Å². The van der Waals surface area contributed by atoms with E-state index in [9.17, 15) is 4.79 Å². The summed E-state index contributed by atoms with van der Waals surface area (Å²) in [5.74, 6) is 0.480. The molecular weight excluding hydrogens is 248 g/mol. The molecule has 0 heterocycles. The van der Waals surface area contributed by atoms with Crippen LogP contribution >= 0.6 is 0 Å². The van der Waals surface area contributed by atoms with Crippen molar-refractivity contribution in [1.29, 1.82) is 5.41 Å². The number of rotatable bonds is 4. The zero-order valence-electron chi connectivity index (χ0n) is 10.7. The third-order valence-electron chi connectivity index (χ3n) is 2.17. The lowest BCUT2D eigenvalue weighted by molar-refractivity contribution is -0.117. The zero-order valence-corrected chi connectivity index (χ0v) is 10.7. The molecule has 0 aliphatic rings. The van der Waals surface area contributed by atoms with E-state index >= 15 is 0 Å². The number of carbonyl (C=O) groups excluding carboxylic acids is 1. The lowest BCUT2D eigenvalue weighted by atomic mass is 10.1. The van der Waals surface area contributed by atoms with Crippen molar-refractivity contribution in [3.05, 3.63) is 29.8 Å². The molecule has 0 atom stereocenters. The van der Waals surface area contributed by atoms with Gasteiger partial charge in [0.1, 0.15) is 11.5 Å². The van der Waals surface area contributed by atoms with Gasteiger partial charge in [-0.3, -0.25) is 21.1 Å². The Morgan fingerprint density at radius 3 is 2.63 bits per heavy atom. The largest absolute Gasteiger partial charge is 0.497 e. The number of methoxy groups -OCH3 is 2. The first-order chi connectivity index (χ1) is 9.06. The maximum Gasteiger partial charge on any atom is 0.262 e. The molecule has 0 spiro atoms. The van der Waals surface area contributed by atoms with E-state index in [2.05, 4.69) is 10.9 Å². The number of nitrogens with one attached hydrogen (secondary N) is 3. The second-order valence-electron chi connectivity index (χ2n) is 3.47. The highest BCUT2D eigenvalue weighted by molar-refractivity contribution is 5.93. The van der Waals surface area contributed by atoms with Crippen LogP contribution in [0.3, 0.4) is 0 Å². The molecule has 1 aromatic rings. The molecule has 7 nitrogen and oxygen atoms in total. The van der Waals surface area contributed by atoms with E-state index in [4.69, 9.17) is 20.6 Å². The maximum atomic E-state index is 11.4. The van der Waals surface area contributed by atoms with Crippen LogP contribution in [-0.4, -0.2) is 26.1 Å². The molecule has 102 valence electrons. The summed E-state index contributed by atoms with van der Waals surface area (Å²) in [5.41, 5.74) is 10.1. The summed E-state index contributed by atoms with van der Waals surface area (Å²) in [5, 5.41) is 6.89. The Balaban J connectivity index is 2.79. The van der Waals surface area contributed by atoms with E-state index in [0.717, 1.165) is 0 Å². The monoisotopic (exact) mass is 264 g/mol. The van der Waals surface area contributed by atoms with Crippen LogP contribution in [0.15, 0.2) is 24.3 Å². The Morgan fingerprint density at radius 1 is 1.32 bits per heavy atom. The van der Waals surface area contributed by atoms with Gasteiger partial charge in [-0.05, 0) is 24.3 Å². The molecule has 0 saturated heterocycles. The third kappa shape index (κ3) is 4.58. The van der Waals surface area contributed by atoms with Crippen LogP contribution in [0.5, 0.6) is 11.5 Å². The lowest BCUT2D eigenvalue weighted by Gasteiger charge is -2.07. The number of ether oxygens (including phenoxy) is 2. The average Bonchev–Trinajstić information content (AvgIpc) is 2.42. The number of benzene rings is 1. The third-order valence-corrected chi connectivity index (χ3v) is 2.17. The van der Waals surface area contributed by atoms with Crippen molar-refractivity contribution in [1.82, 2.24) is 10.9 Å². The molecular formula is C12H16N4O3. The molecule has 0 fully saturated rings. The zero-order chi connectivity index (χ0) is 14.3. The molecule has 0 saturated carbocycles. The number of hydrogen-bond acceptors (Lipinski definition) is 4. The Labute approximate surface area is 110 Å². The van der Waals surface area contributed by atoms with E-state index < -0.39 is 5.91 Å². The van der Waals surface area contributed by atoms with Gasteiger partial charge < -0.3 is 15.2 Å². The normalized spacial score (nSPS) is 10.0. The first kappa shape index (κ1) is 14.4. The molecule has 0 radical (unpaired) electrons. The molecule has 0 unspecified atom stereocenters. The Morgan fingerprint density at radius 2 is 2.05 bits per heavy atom. The summed E-state index contributed by atoms with van der Waals surface area (Å²) in [4.78, 5) is 11.4. The molecule has 5 N–H and O–H groups in total. The van der Waals surface area contributed by atoms with Crippen LogP contribution in [-0.2, 0) is 4.79 Å². The highest BCUT2D eigenvalue weighted by atomic mass is 16.5. The van der Waals surface area contributed by atoms with Crippen LogP contribution < -0.4 is 26.1 Å². The number of nitrogens with two attached hydrogens (primary N) is 1. The summed E-state index contributed by atoms with van der Waals surface area (Å²) < 4.78 is 10.3. The number of hydrazine groups is 1. The van der Waals surface area contributed by atoms with Crippen molar-refractivity contribution in [3.8, 4) is 11.5 Å². The topological polar surface area (TPSA) is 109 Å². The number of guanidine groups is 1. The fourth-order valence-corrected chi connectivity index (χ4v) is 1.31. The highest BCUT2D eigenvalue weighted by Crippen LogP contribution is 2.24. The molecule has 1 amide bonds. The Hall–Kier alpha value is -2.70. The fraction of sp³-hybridized carbons (Fsp3) is 0.167. The van der Waals surface area contributed by atoms with Crippen LogP contribution in [0, 0.1) is 5.41 Å². The van der Waals surface area contributed by atoms with Gasteiger partial charge >= 0.3 is 0 Å². The van der Waals surface area contributed by atoms with Gasteiger partial charge in [0.25, 0.3) is 5.91 Å². The van der Waals surface area contributed by atoms with Crippen molar-refractivity contribution in [2.75, 3.05) is 14.2 Å². The molecule has 1 aromatic carbocycles. The predicted octanol–water partition coefficient (Wildman–Crippen LogP) is 0.231. The summed E-state index contributed by atoms with van der Waals surface area (Å²) in [6.45, 7) is 0. The molecule has 0 bridgehead atoms. The number of amides is 1. The lowest BCUT2D eigenvalue weighted by Crippen LogP contribution is -2.44. The standard InChI is InChI=1S/C12H16N4O3/c1-18-9-4-5-10(19-2)8(7-9)3-6-11(17)15-16-12(13)14/h3-7H,1-2H3,(H,15,17)(H4,13,14,16)/b6-3+. The second-order valence-corrected chi connectivity index (χ2v) is 3.47. The SMILES string of the molecule is COc1ccc(OC)c(/C=C/C(=O)NNC(=N)N)c1. The molecule has 0 aromatic heterocycles. The quantitative estimate of drug-likeness (QED) is 0.269. The molecule has 0 aliphatic carbocycles. The number of hydrogen-bond donors (Lipinski definition) is 4. The molecule has 7 heteroatoms. The Bertz CT molecular complexity index is 500. The average molecular weight is 264 g/mol. The first-order valence-electron chi connectivity index (χ1n) is 5.37. The van der Waals surface area contributed by atoms with Gasteiger partial charge in [-0.15, -0.1) is 0 Å². The maximum absolute atomic E-state index is 11.4. The van der Waals surface area contributed by atoms with Gasteiger partial charge in [-0.25, -0.2) is 0 Å². The van der Waals surface area contributed by atoms with Crippen molar-refractivity contribution in [2.45, 2.75) is 0 Å². The van der Waals surface area contributed by atoms with Crippen molar-refractivity contribution in [2.24, 2.45) is 5.73 Å². The summed E-state index contributed by atoms with van der Waals surface area (Å²) >= 11 is 0. The van der Waals surface area contributed by atoms with E-state index in [0.29, 0.717) is 17.1 Å². The minimum atomic E-state index is -0.444. The molecule has 1 rings (SSSR count). The van der Waals surface area contributed by atoms with E-state index in [1.807, 2.05) is 0 Å². The van der Waals surface area contributed by atoms with Gasteiger partial charge in [0.2, 0.25) is 5.96 Å². The number of carbonyl (C=O) groups is 1. The second kappa shape index (κ2) is 6.90. The van der Waals surface area contributed by atoms with Crippen LogP contribution in [0.1, 0.15) is 5.56 Å². The first-order valence-corrected chi connectivity index (χ1v) is 5.37. The molecule has 19 heavy (non-hydrogen) atoms. The summed E-state index contributed by atoms with van der Waals surface area (Å²) in [7, 11) is 3.09. The van der Waals surface area contributed by atoms with Crippen molar-refractivity contribution in [3.63, 3.8) is 0 Å². The summed E-state index contributed by atoms with van der Waals surface area (Å²) in [6.07, 6.45) is 2.85. The minimum absolute atomic E-state index is 0.347. The highest BCUT2D eigenvalue weighted by Gasteiger charge is 2.02. The smallest absolute Gasteiger partial charge is 0.262 e. The van der Waals surface area contributed by atoms with E-state index in [1.165, 1.54) is 13.2 Å². The minimum Gasteiger partial charge on any atom is -0.497 e.